The summed E-state index contributed by atoms with van der Waals surface area (Å²) in [6, 6.07) is 0. The Balaban J connectivity index is 3.47. The fourth-order valence-corrected chi connectivity index (χ4v) is 0.871. The molecule has 3 heteroatoms. The van der Waals surface area contributed by atoms with Gasteiger partial charge < -0.3 is 15.9 Å². The molecule has 62 valence electrons. The Bertz CT molecular complexity index is 88.1. The molecule has 3 nitrogen and oxygen atoms in total. The highest BCUT2D eigenvalue weighted by atomic mass is 16.3. The first-order valence-electron chi connectivity index (χ1n) is 3.56. The number of hydrogen-bond donors (Lipinski definition) is 3. The van der Waals surface area contributed by atoms with Crippen molar-refractivity contribution in [2.24, 2.45) is 5.73 Å². The van der Waals surface area contributed by atoms with Crippen LogP contribution in [0.3, 0.4) is 0 Å². The molecule has 0 saturated carbocycles. The molecule has 4 N–H and O–H groups in total. The molecule has 0 aromatic carbocycles. The average molecular weight is 147 g/mol. The van der Waals surface area contributed by atoms with E-state index in [9.17, 15) is 5.11 Å². The third-order valence-corrected chi connectivity index (χ3v) is 1.24. The summed E-state index contributed by atoms with van der Waals surface area (Å²) in [6.45, 7) is 3.82. The van der Waals surface area contributed by atoms with Crippen LogP contribution in [0.1, 0.15) is 26.7 Å². The van der Waals surface area contributed by atoms with Gasteiger partial charge in [0, 0.05) is 6.42 Å². The quantitative estimate of drug-likeness (QED) is 0.518. The highest BCUT2D eigenvalue weighted by Gasteiger charge is 2.17. The minimum atomic E-state index is -0.783. The van der Waals surface area contributed by atoms with Crippen molar-refractivity contribution in [3.8, 4) is 0 Å². The van der Waals surface area contributed by atoms with E-state index in [0.29, 0.717) is 19.4 Å². The van der Waals surface area contributed by atoms with E-state index in [1.54, 1.807) is 13.8 Å². The summed E-state index contributed by atoms with van der Waals surface area (Å²) in [5.74, 6) is 0. The smallest absolute Gasteiger partial charge is 0.0616 e. The van der Waals surface area contributed by atoms with Gasteiger partial charge in [0.25, 0.3) is 0 Å². The molecule has 10 heavy (non-hydrogen) atoms. The summed E-state index contributed by atoms with van der Waals surface area (Å²) in [5, 5.41) is 18.4. The van der Waals surface area contributed by atoms with Crippen LogP contribution in [-0.2, 0) is 0 Å². The van der Waals surface area contributed by atoms with E-state index in [4.69, 9.17) is 10.8 Å². The molecule has 0 saturated heterocycles. The van der Waals surface area contributed by atoms with Crippen molar-refractivity contribution < 1.29 is 10.2 Å². The lowest BCUT2D eigenvalue weighted by molar-refractivity contribution is 0.0168. The molecule has 0 radical (unpaired) electrons. The summed E-state index contributed by atoms with van der Waals surface area (Å²) in [4.78, 5) is 0. The van der Waals surface area contributed by atoms with Crippen LogP contribution in [0.15, 0.2) is 0 Å². The van der Waals surface area contributed by atoms with Gasteiger partial charge >= 0.3 is 0 Å². The second-order valence-electron chi connectivity index (χ2n) is 3.25. The lowest BCUT2D eigenvalue weighted by Crippen LogP contribution is -2.27. The van der Waals surface area contributed by atoms with Crippen molar-refractivity contribution in [2.45, 2.75) is 38.4 Å². The van der Waals surface area contributed by atoms with E-state index in [-0.39, 0.29) is 0 Å². The zero-order valence-electron chi connectivity index (χ0n) is 6.67. The van der Waals surface area contributed by atoms with Gasteiger partial charge in [-0.2, -0.15) is 0 Å². The van der Waals surface area contributed by atoms with Crippen molar-refractivity contribution >= 4 is 0 Å². The van der Waals surface area contributed by atoms with Crippen LogP contribution in [0, 0.1) is 0 Å². The SMILES string of the molecule is CC(C)(O)C[C@H](O)CCN. The van der Waals surface area contributed by atoms with E-state index in [0.717, 1.165) is 0 Å². The predicted molar refractivity (Wildman–Crippen MR) is 40.6 cm³/mol. The number of aliphatic hydroxyl groups excluding tert-OH is 1. The van der Waals surface area contributed by atoms with Crippen LogP contribution in [0.25, 0.3) is 0 Å². The van der Waals surface area contributed by atoms with Crippen LogP contribution in [-0.4, -0.2) is 28.5 Å². The summed E-state index contributed by atoms with van der Waals surface area (Å²) in [6.07, 6.45) is 0.485. The van der Waals surface area contributed by atoms with Gasteiger partial charge in [-0.1, -0.05) is 0 Å². The monoisotopic (exact) mass is 147 g/mol. The molecule has 0 bridgehead atoms. The molecule has 0 unspecified atom stereocenters. The normalized spacial score (nSPS) is 15.3. The number of aliphatic hydroxyl groups is 2. The molecule has 0 aromatic rings. The van der Waals surface area contributed by atoms with Crippen LogP contribution >= 0.6 is 0 Å². The number of rotatable bonds is 4. The lowest BCUT2D eigenvalue weighted by Gasteiger charge is -2.20. The molecule has 0 fully saturated rings. The fourth-order valence-electron chi connectivity index (χ4n) is 0.871. The third-order valence-electron chi connectivity index (χ3n) is 1.24. The van der Waals surface area contributed by atoms with Crippen molar-refractivity contribution in [2.75, 3.05) is 6.54 Å². The molecule has 0 aliphatic heterocycles. The Labute approximate surface area is 61.9 Å². The first-order chi connectivity index (χ1) is 4.45. The van der Waals surface area contributed by atoms with Gasteiger partial charge in [0.15, 0.2) is 0 Å². The minimum absolute atomic E-state index is 0.393. The molecule has 1 atom stereocenters. The first-order valence-corrected chi connectivity index (χ1v) is 3.56. The maximum Gasteiger partial charge on any atom is 0.0616 e. The summed E-state index contributed by atoms with van der Waals surface area (Å²) < 4.78 is 0. The van der Waals surface area contributed by atoms with Gasteiger partial charge in [0.2, 0.25) is 0 Å². The van der Waals surface area contributed by atoms with E-state index >= 15 is 0 Å². The zero-order valence-corrected chi connectivity index (χ0v) is 6.67. The summed E-state index contributed by atoms with van der Waals surface area (Å²) in [5.41, 5.74) is 4.42. The Morgan fingerprint density at radius 1 is 1.50 bits per heavy atom. The van der Waals surface area contributed by atoms with Crippen molar-refractivity contribution in [1.29, 1.82) is 0 Å². The van der Waals surface area contributed by atoms with Gasteiger partial charge in [0.05, 0.1) is 11.7 Å². The first kappa shape index (κ1) is 9.88. The summed E-state index contributed by atoms with van der Waals surface area (Å²) in [7, 11) is 0. The van der Waals surface area contributed by atoms with Gasteiger partial charge in [-0.3, -0.25) is 0 Å². The predicted octanol–water partition coefficient (Wildman–Crippen LogP) is -0.143. The van der Waals surface area contributed by atoms with Crippen LogP contribution < -0.4 is 5.73 Å². The van der Waals surface area contributed by atoms with Crippen LogP contribution in [0.2, 0.25) is 0 Å². The molecule has 0 aromatic heterocycles. The van der Waals surface area contributed by atoms with E-state index in [2.05, 4.69) is 0 Å². The molecule has 0 aliphatic rings. The second-order valence-corrected chi connectivity index (χ2v) is 3.25. The largest absolute Gasteiger partial charge is 0.393 e. The number of nitrogens with two attached hydrogens (primary N) is 1. The third kappa shape index (κ3) is 6.01. The highest BCUT2D eigenvalue weighted by molar-refractivity contribution is 4.70. The molecular formula is C7H17NO2. The Hall–Kier alpha value is -0.120. The molecule has 0 spiro atoms. The lowest BCUT2D eigenvalue weighted by atomic mass is 9.99. The molecule has 0 aliphatic carbocycles. The Morgan fingerprint density at radius 3 is 2.30 bits per heavy atom. The summed E-state index contributed by atoms with van der Waals surface area (Å²) >= 11 is 0. The molecule has 0 heterocycles. The standard InChI is InChI=1S/C7H17NO2/c1-7(2,10)5-6(9)3-4-8/h6,9-10H,3-5,8H2,1-2H3/t6-/m1/s1. The molecular weight excluding hydrogens is 130 g/mol. The van der Waals surface area contributed by atoms with Crippen LogP contribution in [0.4, 0.5) is 0 Å². The highest BCUT2D eigenvalue weighted by Crippen LogP contribution is 2.11. The molecule has 0 rings (SSSR count). The second kappa shape index (κ2) is 3.91. The van der Waals surface area contributed by atoms with Gasteiger partial charge in [-0.05, 0) is 26.8 Å². The van der Waals surface area contributed by atoms with E-state index in [1.165, 1.54) is 0 Å². The maximum atomic E-state index is 9.21. The van der Waals surface area contributed by atoms with Crippen molar-refractivity contribution in [1.82, 2.24) is 0 Å². The van der Waals surface area contributed by atoms with Crippen LogP contribution in [0.5, 0.6) is 0 Å². The topological polar surface area (TPSA) is 66.5 Å². The van der Waals surface area contributed by atoms with E-state index < -0.39 is 11.7 Å². The Kier molecular flexibility index (Phi) is 3.86. The maximum absolute atomic E-state index is 9.21. The number of hydrogen-bond acceptors (Lipinski definition) is 3. The fraction of sp³-hybridized carbons (Fsp3) is 1.00. The zero-order chi connectivity index (χ0) is 8.20. The minimum Gasteiger partial charge on any atom is -0.393 e. The van der Waals surface area contributed by atoms with Gasteiger partial charge in [-0.15, -0.1) is 0 Å². The van der Waals surface area contributed by atoms with E-state index in [1.807, 2.05) is 0 Å². The molecule has 0 amide bonds. The van der Waals surface area contributed by atoms with Gasteiger partial charge in [-0.25, -0.2) is 0 Å². The average Bonchev–Trinajstić information content (AvgIpc) is 1.59. The van der Waals surface area contributed by atoms with Gasteiger partial charge in [0.1, 0.15) is 0 Å². The van der Waals surface area contributed by atoms with Crippen molar-refractivity contribution in [3.05, 3.63) is 0 Å². The Morgan fingerprint density at radius 2 is 2.00 bits per heavy atom. The van der Waals surface area contributed by atoms with Crippen molar-refractivity contribution in [3.63, 3.8) is 0 Å².